The van der Waals surface area contributed by atoms with E-state index >= 15 is 0 Å². The maximum Gasteiger partial charge on any atom is 0.237 e. The first kappa shape index (κ1) is 19.4. The number of carbonyl (C=O) groups is 2. The minimum absolute atomic E-state index is 0.0611. The van der Waals surface area contributed by atoms with Gasteiger partial charge >= 0.3 is 0 Å². The second-order valence-electron chi connectivity index (χ2n) is 7.83. The first-order chi connectivity index (χ1) is 11.7. The van der Waals surface area contributed by atoms with E-state index in [2.05, 4.69) is 41.2 Å². The van der Waals surface area contributed by atoms with Gasteiger partial charge in [0.2, 0.25) is 11.8 Å². The van der Waals surface area contributed by atoms with Gasteiger partial charge in [0.15, 0.2) is 5.82 Å². The Morgan fingerprint density at radius 1 is 1.44 bits per heavy atom. The Hall–Kier alpha value is -1.96. The average Bonchev–Trinajstić information content (AvgIpc) is 2.96. The molecule has 1 aromatic heterocycles. The summed E-state index contributed by atoms with van der Waals surface area (Å²) in [7, 11) is 1.74. The van der Waals surface area contributed by atoms with Crippen LogP contribution in [0.1, 0.15) is 39.9 Å². The van der Waals surface area contributed by atoms with Crippen molar-refractivity contribution in [2.45, 2.75) is 53.2 Å². The molecule has 2 rings (SSSR count). The van der Waals surface area contributed by atoms with Crippen molar-refractivity contribution in [3.05, 3.63) is 12.2 Å². The summed E-state index contributed by atoms with van der Waals surface area (Å²) in [5.41, 5.74) is 0.0718. The quantitative estimate of drug-likeness (QED) is 0.807. The number of carbonyl (C=O) groups excluding carboxylic acids is 2. The van der Waals surface area contributed by atoms with Crippen LogP contribution in [0.15, 0.2) is 6.33 Å². The molecule has 1 aromatic rings. The highest BCUT2D eigenvalue weighted by molar-refractivity contribution is 5.88. The van der Waals surface area contributed by atoms with Gasteiger partial charge in [-0.25, -0.2) is 0 Å². The van der Waals surface area contributed by atoms with Crippen LogP contribution < -0.4 is 5.32 Å². The SMILES string of the molecule is CCn1cnnc1CN(C)C(=O)CC1C(=O)NCCN1CC(C)(C)C. The molecule has 1 aliphatic rings. The van der Waals surface area contributed by atoms with Gasteiger partial charge in [0.05, 0.1) is 19.0 Å². The molecule has 0 aromatic carbocycles. The predicted octanol–water partition coefficient (Wildman–Crippen LogP) is 0.493. The minimum Gasteiger partial charge on any atom is -0.353 e. The molecule has 0 saturated carbocycles. The summed E-state index contributed by atoms with van der Waals surface area (Å²) in [5.74, 6) is 0.624. The average molecular weight is 350 g/mol. The first-order valence-corrected chi connectivity index (χ1v) is 8.83. The number of aromatic nitrogens is 3. The van der Waals surface area contributed by atoms with Gasteiger partial charge in [-0.05, 0) is 12.3 Å². The lowest BCUT2D eigenvalue weighted by Gasteiger charge is -2.38. The van der Waals surface area contributed by atoms with E-state index in [0.717, 1.165) is 25.5 Å². The Bertz CT molecular complexity index is 607. The van der Waals surface area contributed by atoms with E-state index in [9.17, 15) is 9.59 Å². The van der Waals surface area contributed by atoms with E-state index in [4.69, 9.17) is 0 Å². The minimum atomic E-state index is -0.410. The second-order valence-corrected chi connectivity index (χ2v) is 7.83. The number of aryl methyl sites for hydroxylation is 1. The van der Waals surface area contributed by atoms with Crippen molar-refractivity contribution in [1.82, 2.24) is 29.9 Å². The highest BCUT2D eigenvalue weighted by atomic mass is 16.2. The van der Waals surface area contributed by atoms with Crippen molar-refractivity contribution in [1.29, 1.82) is 0 Å². The molecule has 1 saturated heterocycles. The molecule has 1 aliphatic heterocycles. The summed E-state index contributed by atoms with van der Waals surface area (Å²) in [6.07, 6.45) is 1.84. The van der Waals surface area contributed by atoms with E-state index in [1.807, 2.05) is 11.5 Å². The van der Waals surface area contributed by atoms with Gasteiger partial charge in [0.1, 0.15) is 6.33 Å². The van der Waals surface area contributed by atoms with Crippen LogP contribution in [-0.4, -0.2) is 69.1 Å². The van der Waals surface area contributed by atoms with E-state index in [0.29, 0.717) is 13.1 Å². The molecule has 8 nitrogen and oxygen atoms in total. The number of rotatable bonds is 6. The van der Waals surface area contributed by atoms with Crippen LogP contribution in [0.25, 0.3) is 0 Å². The maximum atomic E-state index is 12.7. The Morgan fingerprint density at radius 3 is 2.80 bits per heavy atom. The van der Waals surface area contributed by atoms with Crippen LogP contribution in [0.4, 0.5) is 0 Å². The molecule has 1 atom stereocenters. The highest BCUT2D eigenvalue weighted by Crippen LogP contribution is 2.20. The van der Waals surface area contributed by atoms with Crippen molar-refractivity contribution < 1.29 is 9.59 Å². The summed E-state index contributed by atoms with van der Waals surface area (Å²) >= 11 is 0. The third-order valence-corrected chi connectivity index (χ3v) is 4.33. The molecule has 0 radical (unpaired) electrons. The summed E-state index contributed by atoms with van der Waals surface area (Å²) < 4.78 is 1.91. The van der Waals surface area contributed by atoms with E-state index in [-0.39, 0.29) is 23.7 Å². The zero-order valence-corrected chi connectivity index (χ0v) is 15.9. The number of nitrogens with zero attached hydrogens (tertiary/aromatic N) is 5. The molecule has 1 N–H and O–H groups in total. The Kier molecular flexibility index (Phi) is 6.16. The molecule has 1 fully saturated rings. The molecule has 140 valence electrons. The molecule has 25 heavy (non-hydrogen) atoms. The lowest BCUT2D eigenvalue weighted by atomic mass is 9.94. The molecular formula is C17H30N6O2. The van der Waals surface area contributed by atoms with Gasteiger partial charge in [-0.1, -0.05) is 20.8 Å². The van der Waals surface area contributed by atoms with Gasteiger partial charge in [-0.3, -0.25) is 14.5 Å². The number of hydrogen-bond donors (Lipinski definition) is 1. The molecular weight excluding hydrogens is 320 g/mol. The predicted molar refractivity (Wildman–Crippen MR) is 94.6 cm³/mol. The normalized spacial score (nSPS) is 18.9. The van der Waals surface area contributed by atoms with Crippen molar-refractivity contribution >= 4 is 11.8 Å². The van der Waals surface area contributed by atoms with Crippen LogP contribution in [0, 0.1) is 5.41 Å². The molecule has 8 heteroatoms. The van der Waals surface area contributed by atoms with Gasteiger partial charge in [0.25, 0.3) is 0 Å². The molecule has 2 amide bonds. The van der Waals surface area contributed by atoms with Gasteiger partial charge in [-0.2, -0.15) is 0 Å². The van der Waals surface area contributed by atoms with Crippen molar-refractivity contribution in [3.8, 4) is 0 Å². The Labute approximate surface area is 149 Å². The molecule has 0 bridgehead atoms. The number of amides is 2. The van der Waals surface area contributed by atoms with Gasteiger partial charge in [-0.15, -0.1) is 10.2 Å². The zero-order valence-electron chi connectivity index (χ0n) is 15.9. The zero-order chi connectivity index (χ0) is 18.6. The fourth-order valence-electron chi connectivity index (χ4n) is 3.07. The van der Waals surface area contributed by atoms with Crippen molar-refractivity contribution in [2.24, 2.45) is 5.41 Å². The first-order valence-electron chi connectivity index (χ1n) is 8.83. The van der Waals surface area contributed by atoms with E-state index in [1.165, 1.54) is 0 Å². The largest absolute Gasteiger partial charge is 0.353 e. The smallest absolute Gasteiger partial charge is 0.237 e. The summed E-state index contributed by atoms with van der Waals surface area (Å²) in [6, 6.07) is -0.410. The fourth-order valence-corrected chi connectivity index (χ4v) is 3.07. The highest BCUT2D eigenvalue weighted by Gasteiger charge is 2.34. The Balaban J connectivity index is 2.01. The van der Waals surface area contributed by atoms with Gasteiger partial charge < -0.3 is 14.8 Å². The second kappa shape index (κ2) is 7.95. The maximum absolute atomic E-state index is 12.7. The summed E-state index contributed by atoms with van der Waals surface area (Å²) in [6.45, 7) is 11.8. The topological polar surface area (TPSA) is 83.4 Å². The van der Waals surface area contributed by atoms with Gasteiger partial charge in [0, 0.05) is 33.2 Å². The molecule has 0 aliphatic carbocycles. The van der Waals surface area contributed by atoms with Crippen LogP contribution in [-0.2, 0) is 22.7 Å². The monoisotopic (exact) mass is 350 g/mol. The third-order valence-electron chi connectivity index (χ3n) is 4.33. The van der Waals surface area contributed by atoms with Crippen LogP contribution >= 0.6 is 0 Å². The number of nitrogens with one attached hydrogen (secondary N) is 1. The van der Waals surface area contributed by atoms with Crippen molar-refractivity contribution in [2.75, 3.05) is 26.7 Å². The van der Waals surface area contributed by atoms with Crippen LogP contribution in [0.3, 0.4) is 0 Å². The lowest BCUT2D eigenvalue weighted by Crippen LogP contribution is -2.58. The number of piperazine rings is 1. The van der Waals surface area contributed by atoms with E-state index in [1.54, 1.807) is 18.3 Å². The fraction of sp³-hybridized carbons (Fsp3) is 0.765. The van der Waals surface area contributed by atoms with Crippen molar-refractivity contribution in [3.63, 3.8) is 0 Å². The standard InChI is InChI=1S/C17H30N6O2/c1-6-22-12-19-20-14(22)10-21(5)15(24)9-13-16(25)18-7-8-23(13)11-17(2,3)4/h12-13H,6-11H2,1-5H3,(H,18,25). The summed E-state index contributed by atoms with van der Waals surface area (Å²) in [5, 5.41) is 10.8. The molecule has 2 heterocycles. The van der Waals surface area contributed by atoms with E-state index < -0.39 is 6.04 Å². The lowest BCUT2D eigenvalue weighted by molar-refractivity contribution is -0.139. The molecule has 0 spiro atoms. The Morgan fingerprint density at radius 2 is 2.16 bits per heavy atom. The van der Waals surface area contributed by atoms with Crippen LogP contribution in [0.2, 0.25) is 0 Å². The third kappa shape index (κ3) is 5.26. The summed E-state index contributed by atoms with van der Waals surface area (Å²) in [4.78, 5) is 28.7. The van der Waals surface area contributed by atoms with Crippen LogP contribution in [0.5, 0.6) is 0 Å². The molecule has 1 unspecified atom stereocenters. The number of hydrogen-bond acceptors (Lipinski definition) is 5.